The van der Waals surface area contributed by atoms with Crippen LogP contribution in [0.4, 0.5) is 14.5 Å². The second-order valence-corrected chi connectivity index (χ2v) is 4.54. The monoisotopic (exact) mass is 278 g/mol. The van der Waals surface area contributed by atoms with Gasteiger partial charge >= 0.3 is 0 Å². The highest BCUT2D eigenvalue weighted by Crippen LogP contribution is 2.26. The summed E-state index contributed by atoms with van der Waals surface area (Å²) in [6, 6.07) is 6.50. The molecule has 0 radical (unpaired) electrons. The molecule has 0 amide bonds. The van der Waals surface area contributed by atoms with Gasteiger partial charge in [0.1, 0.15) is 11.6 Å². The van der Waals surface area contributed by atoms with Crippen molar-refractivity contribution in [3.05, 3.63) is 74.8 Å². The van der Waals surface area contributed by atoms with Crippen LogP contribution in [0.3, 0.4) is 0 Å². The highest BCUT2D eigenvalue weighted by Gasteiger charge is 2.16. The number of non-ortho nitro benzene ring substituents is 1. The molecule has 1 atom stereocenters. The van der Waals surface area contributed by atoms with E-state index in [1.807, 2.05) is 0 Å². The second kappa shape index (κ2) is 5.34. The zero-order chi connectivity index (χ0) is 14.9. The number of aryl methyl sites for hydroxylation is 1. The molecule has 0 saturated heterocycles. The van der Waals surface area contributed by atoms with Crippen LogP contribution >= 0.6 is 0 Å². The van der Waals surface area contributed by atoms with Crippen LogP contribution in [0.2, 0.25) is 0 Å². The van der Waals surface area contributed by atoms with Crippen molar-refractivity contribution in [1.82, 2.24) is 0 Å². The summed E-state index contributed by atoms with van der Waals surface area (Å²) in [5, 5.41) is 10.8. The number of nitro groups is 1. The highest BCUT2D eigenvalue weighted by atomic mass is 19.1. The predicted octanol–water partition coefficient (Wildman–Crippen LogP) is 3.23. The summed E-state index contributed by atoms with van der Waals surface area (Å²) in [7, 11) is 0. The summed E-state index contributed by atoms with van der Waals surface area (Å²) in [6.45, 7) is 1.69. The third-order valence-electron chi connectivity index (χ3n) is 2.90. The Bertz CT molecular complexity index is 654. The lowest BCUT2D eigenvalue weighted by Crippen LogP contribution is -2.13. The summed E-state index contributed by atoms with van der Waals surface area (Å²) < 4.78 is 26.4. The maximum atomic E-state index is 13.2. The van der Waals surface area contributed by atoms with Gasteiger partial charge in [-0.2, -0.15) is 0 Å². The number of nitrogens with two attached hydrogens (primary N) is 1. The van der Waals surface area contributed by atoms with E-state index in [2.05, 4.69) is 0 Å². The standard InChI is InChI=1S/C14H12F2N2O2/c1-8-2-9(6-13(3-8)18(19)20)14(17)10-4-11(15)7-12(16)5-10/h2-7,14H,17H2,1H3. The first-order valence-electron chi connectivity index (χ1n) is 5.84. The smallest absolute Gasteiger partial charge is 0.270 e. The molecular formula is C14H12F2N2O2. The number of hydrogen-bond donors (Lipinski definition) is 1. The van der Waals surface area contributed by atoms with E-state index in [1.165, 1.54) is 12.1 Å². The molecule has 0 bridgehead atoms. The van der Waals surface area contributed by atoms with E-state index in [-0.39, 0.29) is 11.3 Å². The molecule has 0 aliphatic rings. The van der Waals surface area contributed by atoms with Gasteiger partial charge in [0.15, 0.2) is 0 Å². The van der Waals surface area contributed by atoms with Gasteiger partial charge in [0.05, 0.1) is 11.0 Å². The fraction of sp³-hybridized carbons (Fsp3) is 0.143. The SMILES string of the molecule is Cc1cc(C(N)c2cc(F)cc(F)c2)cc([N+](=O)[O-])c1. The Morgan fingerprint density at radius 2 is 1.60 bits per heavy atom. The lowest BCUT2D eigenvalue weighted by atomic mass is 9.97. The van der Waals surface area contributed by atoms with E-state index >= 15 is 0 Å². The topological polar surface area (TPSA) is 69.2 Å². The number of rotatable bonds is 3. The van der Waals surface area contributed by atoms with E-state index < -0.39 is 22.6 Å². The summed E-state index contributed by atoms with van der Waals surface area (Å²) >= 11 is 0. The normalized spacial score (nSPS) is 12.2. The first-order valence-corrected chi connectivity index (χ1v) is 5.84. The lowest BCUT2D eigenvalue weighted by Gasteiger charge is -2.13. The summed E-state index contributed by atoms with van der Waals surface area (Å²) in [6.07, 6.45) is 0. The Morgan fingerprint density at radius 3 is 2.15 bits per heavy atom. The minimum absolute atomic E-state index is 0.104. The maximum absolute atomic E-state index is 13.2. The van der Waals surface area contributed by atoms with Crippen LogP contribution in [-0.4, -0.2) is 4.92 Å². The number of hydrogen-bond acceptors (Lipinski definition) is 3. The van der Waals surface area contributed by atoms with Crippen LogP contribution in [0, 0.1) is 28.7 Å². The number of halogens is 2. The number of benzene rings is 2. The van der Waals surface area contributed by atoms with Gasteiger partial charge in [0.25, 0.3) is 5.69 Å². The van der Waals surface area contributed by atoms with Gasteiger partial charge < -0.3 is 5.73 Å². The molecule has 2 N–H and O–H groups in total. The molecule has 2 rings (SSSR count). The molecule has 20 heavy (non-hydrogen) atoms. The van der Waals surface area contributed by atoms with Crippen LogP contribution in [0.5, 0.6) is 0 Å². The van der Waals surface area contributed by atoms with E-state index in [4.69, 9.17) is 5.73 Å². The Kier molecular flexibility index (Phi) is 3.76. The molecular weight excluding hydrogens is 266 g/mol. The molecule has 1 unspecified atom stereocenters. The number of nitrogens with zero attached hydrogens (tertiary/aromatic N) is 1. The minimum Gasteiger partial charge on any atom is -0.320 e. The van der Waals surface area contributed by atoms with Crippen LogP contribution in [0.25, 0.3) is 0 Å². The fourth-order valence-corrected chi connectivity index (χ4v) is 2.02. The average molecular weight is 278 g/mol. The van der Waals surface area contributed by atoms with E-state index in [1.54, 1.807) is 13.0 Å². The number of nitro benzene ring substituents is 1. The Hall–Kier alpha value is -2.34. The van der Waals surface area contributed by atoms with Crippen LogP contribution in [-0.2, 0) is 0 Å². The molecule has 0 saturated carbocycles. The minimum atomic E-state index is -0.834. The molecule has 0 aliphatic heterocycles. The van der Waals surface area contributed by atoms with Crippen molar-refractivity contribution in [3.63, 3.8) is 0 Å². The van der Waals surface area contributed by atoms with E-state index in [9.17, 15) is 18.9 Å². The van der Waals surface area contributed by atoms with Gasteiger partial charge in [-0.1, -0.05) is 6.07 Å². The van der Waals surface area contributed by atoms with Gasteiger partial charge in [0.2, 0.25) is 0 Å². The highest BCUT2D eigenvalue weighted by molar-refractivity contribution is 5.43. The van der Waals surface area contributed by atoms with Crippen molar-refractivity contribution in [2.75, 3.05) is 0 Å². The average Bonchev–Trinajstić information content (AvgIpc) is 2.35. The van der Waals surface area contributed by atoms with Gasteiger partial charge in [-0.25, -0.2) is 8.78 Å². The van der Waals surface area contributed by atoms with Gasteiger partial charge in [0, 0.05) is 18.2 Å². The molecule has 0 fully saturated rings. The van der Waals surface area contributed by atoms with Crippen molar-refractivity contribution < 1.29 is 13.7 Å². The molecule has 0 heterocycles. The van der Waals surface area contributed by atoms with Gasteiger partial charge in [-0.3, -0.25) is 10.1 Å². The molecule has 0 aliphatic carbocycles. The molecule has 6 heteroatoms. The Labute approximate surface area is 114 Å². The van der Waals surface area contributed by atoms with Crippen molar-refractivity contribution in [1.29, 1.82) is 0 Å². The maximum Gasteiger partial charge on any atom is 0.270 e. The van der Waals surface area contributed by atoms with Gasteiger partial charge in [-0.05, 0) is 35.7 Å². The summed E-state index contributed by atoms with van der Waals surface area (Å²) in [4.78, 5) is 10.3. The van der Waals surface area contributed by atoms with E-state index in [0.29, 0.717) is 11.1 Å². The second-order valence-electron chi connectivity index (χ2n) is 4.54. The zero-order valence-corrected chi connectivity index (χ0v) is 10.6. The Morgan fingerprint density at radius 1 is 1.05 bits per heavy atom. The van der Waals surface area contributed by atoms with E-state index in [0.717, 1.165) is 18.2 Å². The third-order valence-corrected chi connectivity index (χ3v) is 2.90. The quantitative estimate of drug-likeness (QED) is 0.692. The van der Waals surface area contributed by atoms with Crippen LogP contribution in [0.15, 0.2) is 36.4 Å². The lowest BCUT2D eigenvalue weighted by molar-refractivity contribution is -0.385. The third kappa shape index (κ3) is 2.97. The molecule has 4 nitrogen and oxygen atoms in total. The first-order chi connectivity index (χ1) is 9.36. The van der Waals surface area contributed by atoms with Crippen LogP contribution < -0.4 is 5.73 Å². The summed E-state index contributed by atoms with van der Waals surface area (Å²) in [5.41, 5.74) is 7.14. The first kappa shape index (κ1) is 14.1. The molecule has 0 aromatic heterocycles. The molecule has 0 spiro atoms. The van der Waals surface area contributed by atoms with Crippen molar-refractivity contribution in [2.24, 2.45) is 5.73 Å². The Balaban J connectivity index is 2.47. The predicted molar refractivity (Wildman–Crippen MR) is 70.2 cm³/mol. The molecule has 104 valence electrons. The molecule has 2 aromatic rings. The van der Waals surface area contributed by atoms with Crippen LogP contribution in [0.1, 0.15) is 22.7 Å². The van der Waals surface area contributed by atoms with Crippen molar-refractivity contribution in [2.45, 2.75) is 13.0 Å². The van der Waals surface area contributed by atoms with Crippen molar-refractivity contribution in [3.8, 4) is 0 Å². The summed E-state index contributed by atoms with van der Waals surface area (Å²) in [5.74, 6) is -1.48. The van der Waals surface area contributed by atoms with Crippen molar-refractivity contribution >= 4 is 5.69 Å². The largest absolute Gasteiger partial charge is 0.320 e. The fourth-order valence-electron chi connectivity index (χ4n) is 2.02. The van der Waals surface area contributed by atoms with Gasteiger partial charge in [-0.15, -0.1) is 0 Å². The zero-order valence-electron chi connectivity index (χ0n) is 10.6. The molecule has 2 aromatic carbocycles.